The number of aliphatic hydroxyl groups excluding tert-OH is 2. The maximum atomic E-state index is 12.3. The van der Waals surface area contributed by atoms with Crippen molar-refractivity contribution >= 4 is 11.9 Å². The van der Waals surface area contributed by atoms with Crippen LogP contribution >= 0.6 is 0 Å². The number of amides is 1. The predicted octanol–water partition coefficient (Wildman–Crippen LogP) is 12.8. The van der Waals surface area contributed by atoms with Crippen LogP contribution in [0.15, 0.2) is 24.3 Å². The van der Waals surface area contributed by atoms with E-state index in [1.807, 2.05) is 6.08 Å². The average Bonchev–Trinajstić information content (AvgIpc) is 3.14. The van der Waals surface area contributed by atoms with Gasteiger partial charge in [-0.05, 0) is 57.8 Å². The average molecular weight is 734 g/mol. The number of ether oxygens (including phenoxy) is 1. The molecule has 0 aromatic heterocycles. The third kappa shape index (κ3) is 38.1. The minimum absolute atomic E-state index is 0.0180. The van der Waals surface area contributed by atoms with Crippen molar-refractivity contribution in [2.45, 2.75) is 244 Å². The zero-order valence-corrected chi connectivity index (χ0v) is 34.5. The van der Waals surface area contributed by atoms with E-state index in [9.17, 15) is 19.8 Å². The van der Waals surface area contributed by atoms with Crippen LogP contribution in [0.2, 0.25) is 0 Å². The fraction of sp³-hybridized carbons (Fsp3) is 0.870. The molecule has 0 aromatic carbocycles. The van der Waals surface area contributed by atoms with E-state index in [4.69, 9.17) is 4.74 Å². The van der Waals surface area contributed by atoms with E-state index in [0.29, 0.717) is 19.4 Å². The number of unbranched alkanes of at least 4 members (excludes halogenated alkanes) is 28. The van der Waals surface area contributed by atoms with Gasteiger partial charge in [0.25, 0.3) is 0 Å². The lowest BCUT2D eigenvalue weighted by Gasteiger charge is -2.20. The van der Waals surface area contributed by atoms with E-state index in [2.05, 4.69) is 31.3 Å². The van der Waals surface area contributed by atoms with Gasteiger partial charge in [-0.2, -0.15) is 0 Å². The number of carbonyl (C=O) groups excluding carboxylic acids is 2. The number of hydrogen-bond donors (Lipinski definition) is 3. The van der Waals surface area contributed by atoms with Crippen LogP contribution in [-0.4, -0.2) is 47.4 Å². The van der Waals surface area contributed by atoms with E-state index < -0.39 is 12.1 Å². The van der Waals surface area contributed by atoms with Crippen molar-refractivity contribution in [3.8, 4) is 0 Å². The molecule has 0 aliphatic rings. The number of esters is 1. The molecule has 0 rings (SSSR count). The van der Waals surface area contributed by atoms with Gasteiger partial charge in [-0.25, -0.2) is 0 Å². The SMILES string of the molecule is CCCCC/C=C\CCCCCCCC(=O)OCCCCCCCCCCCCCCCC(=O)NC(CO)C(O)/C=C/CCCCCCCCCC. The molecule has 1 amide bonds. The highest BCUT2D eigenvalue weighted by Crippen LogP contribution is 2.14. The summed E-state index contributed by atoms with van der Waals surface area (Å²) in [4.78, 5) is 24.3. The Morgan fingerprint density at radius 3 is 1.40 bits per heavy atom. The second-order valence-corrected chi connectivity index (χ2v) is 15.4. The van der Waals surface area contributed by atoms with E-state index in [1.54, 1.807) is 6.08 Å². The van der Waals surface area contributed by atoms with Crippen LogP contribution in [0.5, 0.6) is 0 Å². The second-order valence-electron chi connectivity index (χ2n) is 15.4. The highest BCUT2D eigenvalue weighted by Gasteiger charge is 2.18. The molecule has 0 fully saturated rings. The molecule has 306 valence electrons. The van der Waals surface area contributed by atoms with E-state index in [0.717, 1.165) is 57.8 Å². The monoisotopic (exact) mass is 734 g/mol. The van der Waals surface area contributed by atoms with Gasteiger partial charge in [0.2, 0.25) is 5.91 Å². The number of aliphatic hydroxyl groups is 2. The molecule has 6 nitrogen and oxygen atoms in total. The quantitative estimate of drug-likeness (QED) is 0.0330. The fourth-order valence-corrected chi connectivity index (χ4v) is 6.68. The van der Waals surface area contributed by atoms with Gasteiger partial charge < -0.3 is 20.3 Å². The molecule has 0 aliphatic heterocycles. The summed E-state index contributed by atoms with van der Waals surface area (Å²) in [7, 11) is 0. The Labute approximate surface area is 322 Å². The van der Waals surface area contributed by atoms with Gasteiger partial charge in [0, 0.05) is 12.8 Å². The summed E-state index contributed by atoms with van der Waals surface area (Å²) in [5, 5.41) is 22.9. The van der Waals surface area contributed by atoms with E-state index >= 15 is 0 Å². The van der Waals surface area contributed by atoms with Crippen LogP contribution in [0.25, 0.3) is 0 Å². The molecule has 2 atom stereocenters. The Kier molecular flexibility index (Phi) is 40.7. The molecular formula is C46H87NO5. The summed E-state index contributed by atoms with van der Waals surface area (Å²) in [5.74, 6) is -0.102. The first-order valence-electron chi connectivity index (χ1n) is 22.6. The van der Waals surface area contributed by atoms with Crippen LogP contribution in [0.1, 0.15) is 232 Å². The first-order chi connectivity index (χ1) is 25.5. The normalized spacial score (nSPS) is 12.9. The lowest BCUT2D eigenvalue weighted by atomic mass is 10.0. The Hall–Kier alpha value is -1.66. The third-order valence-electron chi connectivity index (χ3n) is 10.2. The largest absolute Gasteiger partial charge is 0.466 e. The molecule has 0 saturated heterocycles. The lowest BCUT2D eigenvalue weighted by Crippen LogP contribution is -2.45. The van der Waals surface area contributed by atoms with Crippen LogP contribution in [0.4, 0.5) is 0 Å². The maximum Gasteiger partial charge on any atom is 0.305 e. The Balaban J connectivity index is 3.48. The first kappa shape index (κ1) is 50.3. The van der Waals surface area contributed by atoms with Crippen molar-refractivity contribution in [1.82, 2.24) is 5.32 Å². The molecule has 0 heterocycles. The van der Waals surface area contributed by atoms with Gasteiger partial charge in [0.15, 0.2) is 0 Å². The van der Waals surface area contributed by atoms with Crippen LogP contribution in [-0.2, 0) is 14.3 Å². The molecule has 0 spiro atoms. The first-order valence-corrected chi connectivity index (χ1v) is 22.6. The molecule has 6 heteroatoms. The number of rotatable bonds is 41. The Bertz CT molecular complexity index is 813. The molecular weight excluding hydrogens is 647 g/mol. The molecule has 0 radical (unpaired) electrons. The van der Waals surface area contributed by atoms with Gasteiger partial charge in [0.1, 0.15) is 0 Å². The second kappa shape index (κ2) is 42.1. The zero-order valence-electron chi connectivity index (χ0n) is 34.5. The third-order valence-corrected chi connectivity index (χ3v) is 10.2. The standard InChI is InChI=1S/C46H87NO5/c1-3-5-7-9-11-13-15-20-24-28-32-36-40-46(51)52-41-37-33-29-25-21-18-16-17-19-23-27-31-35-39-45(50)47-43(42-48)44(49)38-34-30-26-22-14-12-10-8-6-4-2/h11,13,34,38,43-44,48-49H,3-10,12,14-33,35-37,39-42H2,1-2H3,(H,47,50)/b13-11-,38-34+. The van der Waals surface area contributed by atoms with Crippen LogP contribution < -0.4 is 5.32 Å². The highest BCUT2D eigenvalue weighted by atomic mass is 16.5. The Morgan fingerprint density at radius 1 is 0.519 bits per heavy atom. The highest BCUT2D eigenvalue weighted by molar-refractivity contribution is 5.76. The van der Waals surface area contributed by atoms with Crippen molar-refractivity contribution in [3.05, 3.63) is 24.3 Å². The fourth-order valence-electron chi connectivity index (χ4n) is 6.68. The number of nitrogens with one attached hydrogen (secondary N) is 1. The maximum absolute atomic E-state index is 12.3. The lowest BCUT2D eigenvalue weighted by molar-refractivity contribution is -0.143. The smallest absolute Gasteiger partial charge is 0.305 e. The summed E-state index contributed by atoms with van der Waals surface area (Å²) in [5.41, 5.74) is 0. The van der Waals surface area contributed by atoms with Gasteiger partial charge in [-0.15, -0.1) is 0 Å². The summed E-state index contributed by atoms with van der Waals surface area (Å²) >= 11 is 0. The number of allylic oxidation sites excluding steroid dienone is 3. The molecule has 3 N–H and O–H groups in total. The van der Waals surface area contributed by atoms with Gasteiger partial charge >= 0.3 is 5.97 Å². The summed E-state index contributed by atoms with van der Waals surface area (Å²) in [6.07, 6.45) is 47.3. The Morgan fingerprint density at radius 2 is 0.904 bits per heavy atom. The van der Waals surface area contributed by atoms with Crippen LogP contribution in [0, 0.1) is 0 Å². The molecule has 0 aliphatic carbocycles. The van der Waals surface area contributed by atoms with Crippen molar-refractivity contribution in [2.24, 2.45) is 0 Å². The van der Waals surface area contributed by atoms with Gasteiger partial charge in [0.05, 0.1) is 25.4 Å². The topological polar surface area (TPSA) is 95.9 Å². The predicted molar refractivity (Wildman–Crippen MR) is 223 cm³/mol. The molecule has 52 heavy (non-hydrogen) atoms. The molecule has 0 aromatic rings. The van der Waals surface area contributed by atoms with E-state index in [-0.39, 0.29) is 18.5 Å². The van der Waals surface area contributed by atoms with Crippen molar-refractivity contribution in [1.29, 1.82) is 0 Å². The molecule has 2 unspecified atom stereocenters. The minimum Gasteiger partial charge on any atom is -0.466 e. The summed E-state index contributed by atoms with van der Waals surface area (Å²) in [6.45, 7) is 4.81. The molecule has 0 bridgehead atoms. The number of hydrogen-bond acceptors (Lipinski definition) is 5. The van der Waals surface area contributed by atoms with Crippen molar-refractivity contribution < 1.29 is 24.5 Å². The van der Waals surface area contributed by atoms with Gasteiger partial charge in [-0.1, -0.05) is 186 Å². The minimum atomic E-state index is -0.850. The van der Waals surface area contributed by atoms with Crippen molar-refractivity contribution in [2.75, 3.05) is 13.2 Å². The summed E-state index contributed by atoms with van der Waals surface area (Å²) < 4.78 is 5.43. The van der Waals surface area contributed by atoms with Gasteiger partial charge in [-0.3, -0.25) is 9.59 Å². The van der Waals surface area contributed by atoms with Crippen LogP contribution in [0.3, 0.4) is 0 Å². The number of carbonyl (C=O) groups is 2. The molecule has 0 saturated carbocycles. The summed E-state index contributed by atoms with van der Waals surface area (Å²) in [6, 6.07) is -0.635. The van der Waals surface area contributed by atoms with E-state index in [1.165, 1.54) is 148 Å². The zero-order chi connectivity index (χ0) is 38.0. The van der Waals surface area contributed by atoms with Crippen molar-refractivity contribution in [3.63, 3.8) is 0 Å².